The molecular weight excluding hydrogens is 306 g/mol. The number of aryl methyl sites for hydroxylation is 1. The molecule has 0 heterocycles. The Balaban J connectivity index is 2.05. The van der Waals surface area contributed by atoms with Crippen LogP contribution in [0.3, 0.4) is 0 Å². The van der Waals surface area contributed by atoms with Gasteiger partial charge in [-0.25, -0.2) is 13.1 Å². The number of sulfonamides is 1. The first-order valence-corrected chi connectivity index (χ1v) is 10.3. The van der Waals surface area contributed by atoms with Crippen molar-refractivity contribution in [1.29, 1.82) is 0 Å². The van der Waals surface area contributed by atoms with E-state index in [2.05, 4.69) is 23.8 Å². The molecule has 0 amide bonds. The van der Waals surface area contributed by atoms with E-state index in [0.29, 0.717) is 10.8 Å². The molecule has 0 spiro atoms. The first kappa shape index (κ1) is 18.2. The minimum atomic E-state index is -3.43. The molecular formula is C19H29NO2S. The lowest BCUT2D eigenvalue weighted by molar-refractivity contribution is 0.338. The molecule has 3 nitrogen and oxygen atoms in total. The maximum atomic E-state index is 12.6. The van der Waals surface area contributed by atoms with Crippen molar-refractivity contribution < 1.29 is 8.42 Å². The molecule has 0 bridgehead atoms. The second-order valence-electron chi connectivity index (χ2n) is 6.56. The lowest BCUT2D eigenvalue weighted by Gasteiger charge is -2.30. The van der Waals surface area contributed by atoms with Crippen LogP contribution >= 0.6 is 0 Å². The van der Waals surface area contributed by atoms with E-state index in [1.165, 1.54) is 19.3 Å². The predicted octanol–water partition coefficient (Wildman–Crippen LogP) is 4.58. The zero-order valence-corrected chi connectivity index (χ0v) is 15.1. The Morgan fingerprint density at radius 2 is 1.87 bits per heavy atom. The van der Waals surface area contributed by atoms with Crippen LogP contribution in [0.1, 0.15) is 57.4 Å². The average molecular weight is 336 g/mol. The van der Waals surface area contributed by atoms with E-state index in [1.807, 2.05) is 19.1 Å². The molecule has 1 saturated carbocycles. The van der Waals surface area contributed by atoms with Crippen LogP contribution in [-0.2, 0) is 10.0 Å². The van der Waals surface area contributed by atoms with Crippen molar-refractivity contribution in [2.75, 3.05) is 0 Å². The fourth-order valence-electron chi connectivity index (χ4n) is 3.11. The topological polar surface area (TPSA) is 46.2 Å². The quantitative estimate of drug-likeness (QED) is 0.585. The lowest BCUT2D eigenvalue weighted by atomic mass is 9.85. The van der Waals surface area contributed by atoms with Crippen molar-refractivity contribution in [3.63, 3.8) is 0 Å². The summed E-state index contributed by atoms with van der Waals surface area (Å²) < 4.78 is 28.1. The molecule has 0 radical (unpaired) electrons. The standard InChI is InChI=1S/C19H29NO2S/c1-3-4-5-6-9-17-10-7-8-11-19(17)20-23(21,22)18-14-12-16(2)13-15-18/h6,9,12-15,17,19-20H,3-5,7-8,10-11H2,1-2H3/b9-6-/t17-,19+/m0/s1. The van der Waals surface area contributed by atoms with Gasteiger partial charge in [-0.3, -0.25) is 0 Å². The van der Waals surface area contributed by atoms with Crippen molar-refractivity contribution in [2.24, 2.45) is 5.92 Å². The van der Waals surface area contributed by atoms with E-state index >= 15 is 0 Å². The minimum Gasteiger partial charge on any atom is -0.207 e. The van der Waals surface area contributed by atoms with E-state index in [9.17, 15) is 8.42 Å². The third-order valence-corrected chi connectivity index (χ3v) is 6.07. The van der Waals surface area contributed by atoms with Gasteiger partial charge in [0.1, 0.15) is 0 Å². The predicted molar refractivity (Wildman–Crippen MR) is 95.9 cm³/mol. The summed E-state index contributed by atoms with van der Waals surface area (Å²) >= 11 is 0. The number of hydrogen-bond acceptors (Lipinski definition) is 2. The average Bonchev–Trinajstić information content (AvgIpc) is 2.53. The van der Waals surface area contributed by atoms with E-state index < -0.39 is 10.0 Å². The first-order valence-electron chi connectivity index (χ1n) is 8.78. The highest BCUT2D eigenvalue weighted by atomic mass is 32.2. The summed E-state index contributed by atoms with van der Waals surface area (Å²) in [5.74, 6) is 0.320. The molecule has 0 aliphatic heterocycles. The van der Waals surface area contributed by atoms with Crippen molar-refractivity contribution >= 4 is 10.0 Å². The van der Waals surface area contributed by atoms with Gasteiger partial charge in [-0.2, -0.15) is 0 Å². The molecule has 4 heteroatoms. The Labute approximate surface area is 141 Å². The van der Waals surface area contributed by atoms with Crippen molar-refractivity contribution in [3.05, 3.63) is 42.0 Å². The summed E-state index contributed by atoms with van der Waals surface area (Å²) in [6.07, 6.45) is 12.2. The Morgan fingerprint density at radius 1 is 1.17 bits per heavy atom. The fourth-order valence-corrected chi connectivity index (χ4v) is 4.44. The monoisotopic (exact) mass is 335 g/mol. The van der Waals surface area contributed by atoms with Gasteiger partial charge in [0.15, 0.2) is 0 Å². The van der Waals surface area contributed by atoms with Crippen LogP contribution in [0.5, 0.6) is 0 Å². The molecule has 0 unspecified atom stereocenters. The summed E-state index contributed by atoms with van der Waals surface area (Å²) in [6, 6.07) is 7.09. The SMILES string of the molecule is CCCC/C=C\[C@H]1CCCC[C@H]1NS(=O)(=O)c1ccc(C)cc1. The van der Waals surface area contributed by atoms with Gasteiger partial charge in [0.05, 0.1) is 4.90 Å². The third-order valence-electron chi connectivity index (χ3n) is 4.56. The molecule has 1 aliphatic carbocycles. The minimum absolute atomic E-state index is 0.0212. The Morgan fingerprint density at radius 3 is 2.57 bits per heavy atom. The fraction of sp³-hybridized carbons (Fsp3) is 0.579. The molecule has 2 atom stereocenters. The van der Waals surface area contributed by atoms with Gasteiger partial charge >= 0.3 is 0 Å². The molecule has 1 aromatic carbocycles. The highest BCUT2D eigenvalue weighted by molar-refractivity contribution is 7.89. The molecule has 128 valence electrons. The second-order valence-corrected chi connectivity index (χ2v) is 8.27. The Hall–Kier alpha value is -1.13. The number of unbranched alkanes of at least 4 members (excludes halogenated alkanes) is 2. The molecule has 1 fully saturated rings. The van der Waals surface area contributed by atoms with Crippen LogP contribution in [0.2, 0.25) is 0 Å². The number of rotatable bonds is 7. The first-order chi connectivity index (χ1) is 11.0. The van der Waals surface area contributed by atoms with Crippen molar-refractivity contribution in [3.8, 4) is 0 Å². The van der Waals surface area contributed by atoms with Crippen LogP contribution in [0.15, 0.2) is 41.3 Å². The lowest BCUT2D eigenvalue weighted by Crippen LogP contribution is -2.41. The summed E-state index contributed by atoms with van der Waals surface area (Å²) in [7, 11) is -3.43. The molecule has 23 heavy (non-hydrogen) atoms. The van der Waals surface area contributed by atoms with Gasteiger partial charge in [0.25, 0.3) is 0 Å². The van der Waals surface area contributed by atoms with E-state index in [1.54, 1.807) is 12.1 Å². The van der Waals surface area contributed by atoms with Gasteiger partial charge in [-0.1, -0.05) is 62.5 Å². The zero-order chi connectivity index (χ0) is 16.7. The number of hydrogen-bond donors (Lipinski definition) is 1. The smallest absolute Gasteiger partial charge is 0.207 e. The number of allylic oxidation sites excluding steroid dienone is 1. The van der Waals surface area contributed by atoms with Gasteiger partial charge in [0.2, 0.25) is 10.0 Å². The van der Waals surface area contributed by atoms with Gasteiger partial charge in [-0.15, -0.1) is 0 Å². The second kappa shape index (κ2) is 8.65. The molecule has 0 aromatic heterocycles. The maximum Gasteiger partial charge on any atom is 0.240 e. The van der Waals surface area contributed by atoms with Gasteiger partial charge in [-0.05, 0) is 44.2 Å². The number of nitrogens with one attached hydrogen (secondary N) is 1. The third kappa shape index (κ3) is 5.47. The molecule has 2 rings (SSSR count). The summed E-state index contributed by atoms with van der Waals surface area (Å²) in [5.41, 5.74) is 1.07. The molecule has 0 saturated heterocycles. The zero-order valence-electron chi connectivity index (χ0n) is 14.3. The van der Waals surface area contributed by atoms with E-state index in [4.69, 9.17) is 0 Å². The molecule has 1 N–H and O–H groups in total. The largest absolute Gasteiger partial charge is 0.240 e. The Bertz CT molecular complexity index is 605. The van der Waals surface area contributed by atoms with Crippen LogP contribution in [0.4, 0.5) is 0 Å². The summed E-state index contributed by atoms with van der Waals surface area (Å²) in [4.78, 5) is 0.363. The van der Waals surface area contributed by atoms with Crippen LogP contribution < -0.4 is 4.72 Å². The van der Waals surface area contributed by atoms with Gasteiger partial charge < -0.3 is 0 Å². The highest BCUT2D eigenvalue weighted by Gasteiger charge is 2.27. The molecule has 1 aromatic rings. The number of benzene rings is 1. The van der Waals surface area contributed by atoms with Crippen LogP contribution in [-0.4, -0.2) is 14.5 Å². The maximum absolute atomic E-state index is 12.6. The van der Waals surface area contributed by atoms with Crippen LogP contribution in [0, 0.1) is 12.8 Å². The van der Waals surface area contributed by atoms with Crippen LogP contribution in [0.25, 0.3) is 0 Å². The van der Waals surface area contributed by atoms with Crippen molar-refractivity contribution in [2.45, 2.75) is 69.7 Å². The summed E-state index contributed by atoms with van der Waals surface area (Å²) in [6.45, 7) is 4.15. The van der Waals surface area contributed by atoms with Crippen molar-refractivity contribution in [1.82, 2.24) is 4.72 Å². The van der Waals surface area contributed by atoms with Gasteiger partial charge in [0, 0.05) is 6.04 Å². The Kier molecular flexibility index (Phi) is 6.85. The molecule has 1 aliphatic rings. The summed E-state index contributed by atoms with van der Waals surface area (Å²) in [5, 5.41) is 0. The normalized spacial score (nSPS) is 22.5. The van der Waals surface area contributed by atoms with E-state index in [-0.39, 0.29) is 6.04 Å². The highest BCUT2D eigenvalue weighted by Crippen LogP contribution is 2.27. The van der Waals surface area contributed by atoms with E-state index in [0.717, 1.165) is 31.2 Å².